The molecule has 1 saturated heterocycles. The van der Waals surface area contributed by atoms with E-state index in [0.29, 0.717) is 44.1 Å². The van der Waals surface area contributed by atoms with Crippen LogP contribution >= 0.6 is 0 Å². The largest absolute Gasteiger partial charge is 0.493 e. The first-order valence-electron chi connectivity index (χ1n) is 10.9. The summed E-state index contributed by atoms with van der Waals surface area (Å²) in [6.07, 6.45) is 1.13. The maximum Gasteiger partial charge on any atom is 0.422 e. The molecule has 1 saturated carbocycles. The molecule has 1 aliphatic heterocycles. The van der Waals surface area contributed by atoms with Crippen LogP contribution in [0.25, 0.3) is 5.65 Å². The number of piperidine rings is 1. The number of halogens is 4. The van der Waals surface area contributed by atoms with E-state index in [2.05, 4.69) is 10.2 Å². The Morgan fingerprint density at radius 1 is 1.06 bits per heavy atom. The van der Waals surface area contributed by atoms with Crippen LogP contribution in [0.3, 0.4) is 0 Å². The molecule has 0 bridgehead atoms. The number of para-hydroxylation sites is 1. The molecule has 3 aromatic rings. The lowest BCUT2D eigenvalue weighted by molar-refractivity contribution is -0.136. The molecule has 2 aromatic heterocycles. The molecular formula is C23H24F4N4O. The van der Waals surface area contributed by atoms with E-state index < -0.39 is 17.6 Å². The van der Waals surface area contributed by atoms with E-state index in [1.54, 1.807) is 17.2 Å². The number of aromatic nitrogens is 3. The summed E-state index contributed by atoms with van der Waals surface area (Å²) in [5.41, 5.74) is 0.0109. The van der Waals surface area contributed by atoms with Crippen molar-refractivity contribution in [3.05, 3.63) is 53.2 Å². The van der Waals surface area contributed by atoms with Gasteiger partial charge in [0.05, 0.1) is 12.8 Å². The molecule has 1 aromatic carbocycles. The maximum absolute atomic E-state index is 14.1. The molecule has 32 heavy (non-hydrogen) atoms. The minimum Gasteiger partial charge on any atom is -0.493 e. The molecule has 2 aliphatic rings. The highest BCUT2D eigenvalue weighted by molar-refractivity contribution is 5.67. The van der Waals surface area contributed by atoms with Crippen LogP contribution in [0.1, 0.15) is 48.6 Å². The topological polar surface area (TPSA) is 42.7 Å². The van der Waals surface area contributed by atoms with Gasteiger partial charge in [0.15, 0.2) is 17.2 Å². The molecule has 9 heteroatoms. The first-order chi connectivity index (χ1) is 15.4. The zero-order valence-electron chi connectivity index (χ0n) is 17.7. The van der Waals surface area contributed by atoms with Crippen LogP contribution in [0, 0.1) is 11.7 Å². The first-order valence-corrected chi connectivity index (χ1v) is 10.9. The average molecular weight is 447 g/mol. The number of benzene rings is 1. The van der Waals surface area contributed by atoms with Gasteiger partial charge in [-0.1, -0.05) is 12.1 Å². The summed E-state index contributed by atoms with van der Waals surface area (Å²) in [4.78, 5) is 1.75. The van der Waals surface area contributed by atoms with E-state index in [1.807, 2.05) is 6.07 Å². The van der Waals surface area contributed by atoms with Gasteiger partial charge in [-0.2, -0.15) is 13.2 Å². The number of ether oxygens (including phenoxy) is 1. The summed E-state index contributed by atoms with van der Waals surface area (Å²) in [6, 6.07) is 6.34. The predicted molar refractivity (Wildman–Crippen MR) is 112 cm³/mol. The molecule has 0 spiro atoms. The van der Waals surface area contributed by atoms with Gasteiger partial charge in [0.2, 0.25) is 0 Å². The number of nitrogens with zero attached hydrogens (tertiary/aromatic N) is 4. The standard InChI is InChI=1S/C23H24F4N4O/c1-32-21-16(3-2-4-17(21)24)15-7-10-30(11-8-15)18-9-12-31-19(13-14-5-6-14)28-29-22(31)20(18)23(25,26)27/h2-4,9,12,14-15H,5-8,10-11,13H2,1H3/i1-1. The number of pyridine rings is 1. The Bertz CT molecular complexity index is 1130. The third kappa shape index (κ3) is 3.78. The van der Waals surface area contributed by atoms with Crippen molar-refractivity contribution < 1.29 is 22.3 Å². The van der Waals surface area contributed by atoms with E-state index >= 15 is 0 Å². The number of fused-ring (bicyclic) bond motifs is 1. The molecule has 2 fully saturated rings. The molecule has 5 rings (SSSR count). The number of hydrogen-bond donors (Lipinski definition) is 0. The van der Waals surface area contributed by atoms with Crippen molar-refractivity contribution in [1.82, 2.24) is 14.6 Å². The molecule has 0 radical (unpaired) electrons. The van der Waals surface area contributed by atoms with Crippen molar-refractivity contribution in [2.45, 2.75) is 44.2 Å². The molecule has 3 heterocycles. The lowest BCUT2D eigenvalue weighted by Crippen LogP contribution is -2.34. The van der Waals surface area contributed by atoms with Gasteiger partial charge in [-0.15, -0.1) is 10.2 Å². The highest BCUT2D eigenvalue weighted by Crippen LogP contribution is 2.42. The number of alkyl halides is 3. The Morgan fingerprint density at radius 3 is 2.47 bits per heavy atom. The SMILES string of the molecule is [11CH3]Oc1c(F)cccc1C1CCN(c2ccn3c(CC4CC4)nnc3c2C(F)(F)F)CC1. The number of rotatable bonds is 5. The second-order valence-electron chi connectivity index (χ2n) is 8.65. The minimum absolute atomic E-state index is 0.0215. The average Bonchev–Trinajstić information content (AvgIpc) is 3.50. The third-order valence-corrected chi connectivity index (χ3v) is 6.56. The number of anilines is 1. The zero-order valence-corrected chi connectivity index (χ0v) is 17.7. The summed E-state index contributed by atoms with van der Waals surface area (Å²) >= 11 is 0. The fourth-order valence-electron chi connectivity index (χ4n) is 4.74. The van der Waals surface area contributed by atoms with Crippen molar-refractivity contribution >= 4 is 11.3 Å². The summed E-state index contributed by atoms with van der Waals surface area (Å²) < 4.78 is 63.2. The van der Waals surface area contributed by atoms with Crippen molar-refractivity contribution in [2.75, 3.05) is 25.1 Å². The van der Waals surface area contributed by atoms with Crippen LogP contribution in [-0.4, -0.2) is 34.8 Å². The number of methoxy groups -OCH3 is 1. The molecule has 0 amide bonds. The van der Waals surface area contributed by atoms with E-state index in [0.717, 1.165) is 18.4 Å². The zero-order chi connectivity index (χ0) is 22.5. The van der Waals surface area contributed by atoms with Crippen LogP contribution in [0.4, 0.5) is 23.2 Å². The van der Waals surface area contributed by atoms with Crippen molar-refractivity contribution in [1.29, 1.82) is 0 Å². The summed E-state index contributed by atoms with van der Waals surface area (Å²) in [5, 5.41) is 7.98. The predicted octanol–water partition coefficient (Wildman–Crippen LogP) is 5.23. The quantitative estimate of drug-likeness (QED) is 0.502. The van der Waals surface area contributed by atoms with Crippen molar-refractivity contribution in [3.63, 3.8) is 0 Å². The highest BCUT2D eigenvalue weighted by Gasteiger charge is 2.40. The molecule has 1 aliphatic carbocycles. The van der Waals surface area contributed by atoms with Gasteiger partial charge in [0, 0.05) is 31.3 Å². The van der Waals surface area contributed by atoms with Gasteiger partial charge < -0.3 is 9.64 Å². The van der Waals surface area contributed by atoms with Crippen LogP contribution in [0.5, 0.6) is 5.75 Å². The Balaban J connectivity index is 1.43. The normalized spacial score (nSPS) is 17.8. The summed E-state index contributed by atoms with van der Waals surface area (Å²) in [6.45, 7) is 0.847. The third-order valence-electron chi connectivity index (χ3n) is 6.56. The Labute approximate surface area is 183 Å². The minimum atomic E-state index is -4.55. The van der Waals surface area contributed by atoms with Crippen LogP contribution in [0.15, 0.2) is 30.5 Å². The fourth-order valence-corrected chi connectivity index (χ4v) is 4.74. The van der Waals surface area contributed by atoms with E-state index in [-0.39, 0.29) is 23.0 Å². The number of hydrogen-bond acceptors (Lipinski definition) is 4. The first kappa shape index (κ1) is 21.0. The summed E-state index contributed by atoms with van der Waals surface area (Å²) in [5.74, 6) is 0.890. The van der Waals surface area contributed by atoms with E-state index in [9.17, 15) is 17.6 Å². The summed E-state index contributed by atoms with van der Waals surface area (Å²) in [7, 11) is 1.43. The van der Waals surface area contributed by atoms with Gasteiger partial charge in [-0.25, -0.2) is 4.39 Å². The lowest BCUT2D eigenvalue weighted by Gasteiger charge is -2.35. The van der Waals surface area contributed by atoms with Gasteiger partial charge in [-0.05, 0) is 49.7 Å². The molecule has 170 valence electrons. The Morgan fingerprint density at radius 2 is 1.81 bits per heavy atom. The molecule has 0 N–H and O–H groups in total. The van der Waals surface area contributed by atoms with Gasteiger partial charge in [0.25, 0.3) is 0 Å². The molecular weight excluding hydrogens is 423 g/mol. The van der Waals surface area contributed by atoms with Crippen molar-refractivity contribution in [3.8, 4) is 5.75 Å². The van der Waals surface area contributed by atoms with Gasteiger partial charge in [0.1, 0.15) is 11.4 Å². The maximum atomic E-state index is 14.1. The van der Waals surface area contributed by atoms with Crippen LogP contribution in [-0.2, 0) is 12.6 Å². The Kier molecular flexibility index (Phi) is 5.22. The highest BCUT2D eigenvalue weighted by atomic mass is 19.4. The fraction of sp³-hybridized carbons (Fsp3) is 0.478. The molecule has 0 unspecified atom stereocenters. The van der Waals surface area contributed by atoms with Crippen LogP contribution < -0.4 is 9.64 Å². The second kappa shape index (κ2) is 7.94. The van der Waals surface area contributed by atoms with E-state index in [4.69, 9.17) is 4.74 Å². The molecule has 0 atom stereocenters. The monoisotopic (exact) mass is 447 g/mol. The lowest BCUT2D eigenvalue weighted by atomic mass is 9.88. The Hall–Kier alpha value is -2.84. The van der Waals surface area contributed by atoms with Crippen LogP contribution in [0.2, 0.25) is 0 Å². The van der Waals surface area contributed by atoms with Crippen molar-refractivity contribution in [2.24, 2.45) is 5.92 Å². The second-order valence-corrected chi connectivity index (χ2v) is 8.65. The van der Waals surface area contributed by atoms with Gasteiger partial charge >= 0.3 is 6.18 Å². The van der Waals surface area contributed by atoms with E-state index in [1.165, 1.54) is 23.6 Å². The smallest absolute Gasteiger partial charge is 0.422 e. The molecule has 5 nitrogen and oxygen atoms in total. The van der Waals surface area contributed by atoms with Gasteiger partial charge in [-0.3, -0.25) is 4.40 Å².